The normalized spacial score (nSPS) is 12.6. The molecule has 0 spiro atoms. The third kappa shape index (κ3) is 4.89. The molecule has 0 radical (unpaired) electrons. The van der Waals surface area contributed by atoms with Gasteiger partial charge in [-0.05, 0) is 49.4 Å². The van der Waals surface area contributed by atoms with Gasteiger partial charge in [0.1, 0.15) is 5.75 Å². The van der Waals surface area contributed by atoms with Crippen molar-refractivity contribution in [2.45, 2.75) is 19.2 Å². The highest BCUT2D eigenvalue weighted by molar-refractivity contribution is 6.30. The van der Waals surface area contributed by atoms with Gasteiger partial charge >= 0.3 is 6.18 Å². The van der Waals surface area contributed by atoms with E-state index in [1.807, 2.05) is 0 Å². The fourth-order valence-corrected chi connectivity index (χ4v) is 1.91. The summed E-state index contributed by atoms with van der Waals surface area (Å²) in [6, 6.07) is 10.8. The van der Waals surface area contributed by atoms with E-state index in [0.717, 1.165) is 12.1 Å². The SMILES string of the molecule is CC(Oc1ccc(Cl)cc1)C(=O)Nc1cccc(C(F)(F)F)c1. The van der Waals surface area contributed by atoms with Crippen molar-refractivity contribution in [1.29, 1.82) is 0 Å². The minimum Gasteiger partial charge on any atom is -0.481 e. The van der Waals surface area contributed by atoms with Crippen LogP contribution in [0, 0.1) is 0 Å². The van der Waals surface area contributed by atoms with Crippen LogP contribution in [0.15, 0.2) is 48.5 Å². The molecule has 3 nitrogen and oxygen atoms in total. The predicted octanol–water partition coefficient (Wildman–Crippen LogP) is 4.76. The van der Waals surface area contributed by atoms with E-state index in [4.69, 9.17) is 16.3 Å². The predicted molar refractivity (Wildman–Crippen MR) is 81.6 cm³/mol. The van der Waals surface area contributed by atoms with Crippen LogP contribution in [-0.2, 0) is 11.0 Å². The highest BCUT2D eigenvalue weighted by Crippen LogP contribution is 2.30. The van der Waals surface area contributed by atoms with Crippen molar-refractivity contribution in [1.82, 2.24) is 0 Å². The van der Waals surface area contributed by atoms with Gasteiger partial charge < -0.3 is 10.1 Å². The summed E-state index contributed by atoms with van der Waals surface area (Å²) < 4.78 is 43.3. The highest BCUT2D eigenvalue weighted by atomic mass is 35.5. The first-order valence-electron chi connectivity index (χ1n) is 6.66. The summed E-state index contributed by atoms with van der Waals surface area (Å²) in [6.45, 7) is 1.50. The number of carbonyl (C=O) groups excluding carboxylic acids is 1. The zero-order valence-electron chi connectivity index (χ0n) is 12.0. The van der Waals surface area contributed by atoms with Crippen LogP contribution in [0.3, 0.4) is 0 Å². The number of carbonyl (C=O) groups is 1. The highest BCUT2D eigenvalue weighted by Gasteiger charge is 2.30. The second-order valence-electron chi connectivity index (χ2n) is 4.78. The van der Waals surface area contributed by atoms with E-state index >= 15 is 0 Å². The zero-order valence-corrected chi connectivity index (χ0v) is 12.8. The molecule has 0 bridgehead atoms. The van der Waals surface area contributed by atoms with Gasteiger partial charge in [0, 0.05) is 10.7 Å². The van der Waals surface area contributed by atoms with Gasteiger partial charge in [-0.25, -0.2) is 0 Å². The fourth-order valence-electron chi connectivity index (χ4n) is 1.79. The van der Waals surface area contributed by atoms with Crippen molar-refractivity contribution < 1.29 is 22.7 Å². The van der Waals surface area contributed by atoms with E-state index in [1.54, 1.807) is 24.3 Å². The van der Waals surface area contributed by atoms with Crippen molar-refractivity contribution in [3.63, 3.8) is 0 Å². The van der Waals surface area contributed by atoms with Gasteiger partial charge in [-0.3, -0.25) is 4.79 Å². The third-order valence-corrected chi connectivity index (χ3v) is 3.21. The molecule has 0 aliphatic carbocycles. The maximum Gasteiger partial charge on any atom is 0.416 e. The van der Waals surface area contributed by atoms with Crippen LogP contribution in [0.5, 0.6) is 5.75 Å². The molecule has 0 aromatic heterocycles. The van der Waals surface area contributed by atoms with Gasteiger partial charge in [0.15, 0.2) is 6.10 Å². The molecule has 2 rings (SSSR count). The van der Waals surface area contributed by atoms with Crippen molar-refractivity contribution in [2.75, 3.05) is 5.32 Å². The van der Waals surface area contributed by atoms with Crippen LogP contribution in [0.2, 0.25) is 5.02 Å². The Balaban J connectivity index is 2.02. The zero-order chi connectivity index (χ0) is 17.0. The van der Waals surface area contributed by atoms with E-state index < -0.39 is 23.8 Å². The van der Waals surface area contributed by atoms with Crippen LogP contribution < -0.4 is 10.1 Å². The lowest BCUT2D eigenvalue weighted by molar-refractivity contribution is -0.137. The van der Waals surface area contributed by atoms with E-state index in [1.165, 1.54) is 19.1 Å². The maximum atomic E-state index is 12.6. The quantitative estimate of drug-likeness (QED) is 0.868. The number of ether oxygens (including phenoxy) is 1. The Morgan fingerprint density at radius 2 is 1.83 bits per heavy atom. The molecular weight excluding hydrogens is 331 g/mol. The molecule has 1 atom stereocenters. The molecule has 2 aromatic rings. The van der Waals surface area contributed by atoms with Gasteiger partial charge in [-0.1, -0.05) is 17.7 Å². The number of nitrogens with one attached hydrogen (secondary N) is 1. The molecule has 0 aliphatic rings. The van der Waals surface area contributed by atoms with E-state index in [9.17, 15) is 18.0 Å². The second-order valence-corrected chi connectivity index (χ2v) is 5.22. The number of anilines is 1. The summed E-state index contributed by atoms with van der Waals surface area (Å²) >= 11 is 5.74. The number of halogens is 4. The van der Waals surface area contributed by atoms with E-state index in [2.05, 4.69) is 5.32 Å². The van der Waals surface area contributed by atoms with E-state index in [0.29, 0.717) is 10.8 Å². The summed E-state index contributed by atoms with van der Waals surface area (Å²) in [5.74, 6) is -0.125. The molecule has 2 aromatic carbocycles. The molecule has 1 N–H and O–H groups in total. The smallest absolute Gasteiger partial charge is 0.416 e. The number of benzene rings is 2. The van der Waals surface area contributed by atoms with Gasteiger partial charge in [-0.15, -0.1) is 0 Å². The Labute approximate surface area is 136 Å². The van der Waals surface area contributed by atoms with Crippen LogP contribution in [0.25, 0.3) is 0 Å². The average molecular weight is 344 g/mol. The second kappa shape index (κ2) is 6.91. The molecule has 0 aliphatic heterocycles. The molecule has 1 unspecified atom stereocenters. The Morgan fingerprint density at radius 1 is 1.17 bits per heavy atom. The van der Waals surface area contributed by atoms with Crippen molar-refractivity contribution in [3.8, 4) is 5.75 Å². The molecule has 0 fully saturated rings. The molecule has 1 amide bonds. The minimum atomic E-state index is -4.47. The Kier molecular flexibility index (Phi) is 5.15. The number of amides is 1. The number of hydrogen-bond acceptors (Lipinski definition) is 2. The van der Waals surface area contributed by atoms with Crippen molar-refractivity contribution >= 4 is 23.2 Å². The van der Waals surface area contributed by atoms with Crippen LogP contribution in [0.1, 0.15) is 12.5 Å². The number of alkyl halides is 3. The first kappa shape index (κ1) is 17.1. The standard InChI is InChI=1S/C16H13ClF3NO2/c1-10(23-14-7-5-12(17)6-8-14)15(22)21-13-4-2-3-11(9-13)16(18,19)20/h2-10H,1H3,(H,21,22). The van der Waals surface area contributed by atoms with E-state index in [-0.39, 0.29) is 5.69 Å². The molecule has 0 saturated carbocycles. The molecular formula is C16H13ClF3NO2. The third-order valence-electron chi connectivity index (χ3n) is 2.95. The molecule has 7 heteroatoms. The Hall–Kier alpha value is -2.21. The molecule has 0 saturated heterocycles. The van der Waals surface area contributed by atoms with Crippen molar-refractivity contribution in [3.05, 3.63) is 59.1 Å². The lowest BCUT2D eigenvalue weighted by atomic mass is 10.2. The Morgan fingerprint density at radius 3 is 2.43 bits per heavy atom. The van der Waals surface area contributed by atoms with Gasteiger partial charge in [0.25, 0.3) is 5.91 Å². The fraction of sp³-hybridized carbons (Fsp3) is 0.188. The number of rotatable bonds is 4. The summed E-state index contributed by atoms with van der Waals surface area (Å²) in [6.07, 6.45) is -5.35. The van der Waals surface area contributed by atoms with Crippen LogP contribution in [-0.4, -0.2) is 12.0 Å². The van der Waals surface area contributed by atoms with Gasteiger partial charge in [0.05, 0.1) is 5.56 Å². The number of hydrogen-bond donors (Lipinski definition) is 1. The maximum absolute atomic E-state index is 12.6. The van der Waals surface area contributed by atoms with Crippen LogP contribution >= 0.6 is 11.6 Å². The molecule has 122 valence electrons. The largest absolute Gasteiger partial charge is 0.481 e. The lowest BCUT2D eigenvalue weighted by Gasteiger charge is -2.15. The lowest BCUT2D eigenvalue weighted by Crippen LogP contribution is -2.30. The van der Waals surface area contributed by atoms with Gasteiger partial charge in [-0.2, -0.15) is 13.2 Å². The minimum absolute atomic E-state index is 0.0522. The Bertz CT molecular complexity index is 686. The monoisotopic (exact) mass is 343 g/mol. The summed E-state index contributed by atoms with van der Waals surface area (Å²) in [5.41, 5.74) is -0.780. The molecule has 0 heterocycles. The molecule has 23 heavy (non-hydrogen) atoms. The average Bonchev–Trinajstić information content (AvgIpc) is 2.49. The summed E-state index contributed by atoms with van der Waals surface area (Å²) in [4.78, 5) is 12.0. The van der Waals surface area contributed by atoms with Crippen LogP contribution in [0.4, 0.5) is 18.9 Å². The summed E-state index contributed by atoms with van der Waals surface area (Å²) in [5, 5.41) is 2.92. The van der Waals surface area contributed by atoms with Gasteiger partial charge in [0.2, 0.25) is 0 Å². The topological polar surface area (TPSA) is 38.3 Å². The van der Waals surface area contributed by atoms with Crippen molar-refractivity contribution in [2.24, 2.45) is 0 Å². The first-order valence-corrected chi connectivity index (χ1v) is 7.04. The first-order chi connectivity index (χ1) is 10.8. The summed E-state index contributed by atoms with van der Waals surface area (Å²) in [7, 11) is 0.